The number of rotatable bonds is 3. The van der Waals surface area contributed by atoms with E-state index in [1.807, 2.05) is 0 Å². The van der Waals surface area contributed by atoms with Crippen LogP contribution in [-0.4, -0.2) is 36.6 Å². The van der Waals surface area contributed by atoms with Crippen LogP contribution in [0.3, 0.4) is 0 Å². The molecule has 0 amide bonds. The molecule has 2 aliphatic heterocycles. The maximum absolute atomic E-state index is 3.91. The third-order valence-electron chi connectivity index (χ3n) is 6.76. The minimum Gasteiger partial charge on any atom is -0.312 e. The van der Waals surface area contributed by atoms with Crippen molar-refractivity contribution >= 4 is 0 Å². The first-order valence-corrected chi connectivity index (χ1v) is 7.92. The molecule has 1 aliphatic carbocycles. The number of piperidine rings is 1. The van der Waals surface area contributed by atoms with Crippen LogP contribution < -0.4 is 5.32 Å². The molecule has 1 N–H and O–H groups in total. The molecule has 0 aromatic carbocycles. The Labute approximate surface area is 113 Å². The monoisotopic (exact) mass is 250 g/mol. The van der Waals surface area contributed by atoms with Crippen LogP contribution in [0, 0.1) is 16.7 Å². The summed E-state index contributed by atoms with van der Waals surface area (Å²) in [5, 5.41) is 3.91. The van der Waals surface area contributed by atoms with E-state index in [2.05, 4.69) is 37.9 Å². The van der Waals surface area contributed by atoms with Gasteiger partial charge in [-0.1, -0.05) is 34.1 Å². The lowest BCUT2D eigenvalue weighted by Crippen LogP contribution is -2.45. The predicted molar refractivity (Wildman–Crippen MR) is 76.7 cm³/mol. The van der Waals surface area contributed by atoms with E-state index in [-0.39, 0.29) is 0 Å². The molecule has 2 unspecified atom stereocenters. The molecule has 104 valence electrons. The molecule has 2 heteroatoms. The van der Waals surface area contributed by atoms with Crippen molar-refractivity contribution in [3.05, 3.63) is 0 Å². The third-order valence-corrected chi connectivity index (χ3v) is 6.76. The molecule has 2 saturated heterocycles. The van der Waals surface area contributed by atoms with E-state index < -0.39 is 0 Å². The van der Waals surface area contributed by atoms with Crippen LogP contribution in [-0.2, 0) is 0 Å². The minimum absolute atomic E-state index is 0.533. The second kappa shape index (κ2) is 4.21. The second-order valence-corrected chi connectivity index (χ2v) is 7.90. The molecular weight excluding hydrogens is 220 g/mol. The van der Waals surface area contributed by atoms with E-state index in [9.17, 15) is 0 Å². The molecule has 2 nitrogen and oxygen atoms in total. The lowest BCUT2D eigenvalue weighted by Gasteiger charge is -2.32. The zero-order chi connectivity index (χ0) is 13.0. The maximum atomic E-state index is 3.91. The van der Waals surface area contributed by atoms with Crippen LogP contribution in [0.5, 0.6) is 0 Å². The van der Waals surface area contributed by atoms with Gasteiger partial charge in [-0.2, -0.15) is 0 Å². The Morgan fingerprint density at radius 2 is 1.72 bits per heavy atom. The van der Waals surface area contributed by atoms with E-state index in [1.54, 1.807) is 0 Å². The molecule has 2 atom stereocenters. The van der Waals surface area contributed by atoms with E-state index in [4.69, 9.17) is 0 Å². The highest BCUT2D eigenvalue weighted by Crippen LogP contribution is 2.68. The maximum Gasteiger partial charge on any atom is 0.0249 e. The Morgan fingerprint density at radius 3 is 2.39 bits per heavy atom. The van der Waals surface area contributed by atoms with Crippen LogP contribution >= 0.6 is 0 Å². The zero-order valence-corrected chi connectivity index (χ0v) is 12.6. The summed E-state index contributed by atoms with van der Waals surface area (Å²) in [7, 11) is 0. The fourth-order valence-electron chi connectivity index (χ4n) is 4.60. The molecule has 0 bridgehead atoms. The van der Waals surface area contributed by atoms with Crippen LogP contribution in [0.1, 0.15) is 53.4 Å². The van der Waals surface area contributed by atoms with Crippen LogP contribution in [0.4, 0.5) is 0 Å². The van der Waals surface area contributed by atoms with Crippen molar-refractivity contribution in [1.82, 2.24) is 10.2 Å². The van der Waals surface area contributed by atoms with Gasteiger partial charge in [0.2, 0.25) is 0 Å². The summed E-state index contributed by atoms with van der Waals surface area (Å²) in [4.78, 5) is 2.73. The normalized spacial score (nSPS) is 38.7. The summed E-state index contributed by atoms with van der Waals surface area (Å²) >= 11 is 0. The fraction of sp³-hybridized carbons (Fsp3) is 1.00. The van der Waals surface area contributed by atoms with Crippen molar-refractivity contribution in [2.45, 2.75) is 65.5 Å². The van der Waals surface area contributed by atoms with Crippen molar-refractivity contribution in [1.29, 1.82) is 0 Å². The van der Waals surface area contributed by atoms with Crippen molar-refractivity contribution in [2.24, 2.45) is 16.7 Å². The molecule has 0 aromatic heterocycles. The molecule has 3 rings (SSSR count). The number of nitrogens with zero attached hydrogens (tertiary/aromatic N) is 1. The largest absolute Gasteiger partial charge is 0.312 e. The summed E-state index contributed by atoms with van der Waals surface area (Å²) in [6.07, 6.45) is 5.67. The van der Waals surface area contributed by atoms with E-state index in [1.165, 1.54) is 45.3 Å². The number of hydrogen-bond donors (Lipinski definition) is 1. The van der Waals surface area contributed by atoms with Gasteiger partial charge in [-0.3, -0.25) is 4.90 Å². The van der Waals surface area contributed by atoms with Gasteiger partial charge >= 0.3 is 0 Å². The van der Waals surface area contributed by atoms with Crippen LogP contribution in [0.2, 0.25) is 0 Å². The first-order valence-electron chi connectivity index (χ1n) is 7.92. The van der Waals surface area contributed by atoms with Gasteiger partial charge in [0.1, 0.15) is 0 Å². The molecule has 1 saturated carbocycles. The van der Waals surface area contributed by atoms with Gasteiger partial charge in [0.05, 0.1) is 0 Å². The third kappa shape index (κ3) is 1.84. The van der Waals surface area contributed by atoms with Gasteiger partial charge in [-0.05, 0) is 49.1 Å². The van der Waals surface area contributed by atoms with Crippen molar-refractivity contribution in [2.75, 3.05) is 19.6 Å². The molecular formula is C16H30N2. The summed E-state index contributed by atoms with van der Waals surface area (Å²) in [6.45, 7) is 13.6. The van der Waals surface area contributed by atoms with Crippen LogP contribution in [0.15, 0.2) is 0 Å². The SMILES string of the molecule is CC1(C)C(CNC2CCN3CCCCC23)C1(C)C. The highest BCUT2D eigenvalue weighted by molar-refractivity contribution is 5.13. The van der Waals surface area contributed by atoms with Gasteiger partial charge in [0.25, 0.3) is 0 Å². The Bertz CT molecular complexity index is 307. The molecule has 3 fully saturated rings. The quantitative estimate of drug-likeness (QED) is 0.828. The van der Waals surface area contributed by atoms with Gasteiger partial charge in [-0.15, -0.1) is 0 Å². The molecule has 18 heavy (non-hydrogen) atoms. The first kappa shape index (κ1) is 12.9. The zero-order valence-electron chi connectivity index (χ0n) is 12.6. The first-order chi connectivity index (χ1) is 8.44. The highest BCUT2D eigenvalue weighted by Gasteiger charge is 2.64. The average molecular weight is 250 g/mol. The second-order valence-electron chi connectivity index (χ2n) is 7.90. The van der Waals surface area contributed by atoms with E-state index in [0.717, 1.165) is 18.0 Å². The van der Waals surface area contributed by atoms with Gasteiger partial charge in [0.15, 0.2) is 0 Å². The topological polar surface area (TPSA) is 15.3 Å². The Hall–Kier alpha value is -0.0800. The van der Waals surface area contributed by atoms with Crippen LogP contribution in [0.25, 0.3) is 0 Å². The molecule has 3 aliphatic rings. The van der Waals surface area contributed by atoms with Gasteiger partial charge in [-0.25, -0.2) is 0 Å². The number of nitrogens with one attached hydrogen (secondary N) is 1. The minimum atomic E-state index is 0.533. The predicted octanol–water partition coefficient (Wildman–Crippen LogP) is 2.89. The Morgan fingerprint density at radius 1 is 1.00 bits per heavy atom. The van der Waals surface area contributed by atoms with E-state index in [0.29, 0.717) is 10.8 Å². The number of fused-ring (bicyclic) bond motifs is 1. The molecule has 2 heterocycles. The van der Waals surface area contributed by atoms with Crippen molar-refractivity contribution < 1.29 is 0 Å². The summed E-state index contributed by atoms with van der Waals surface area (Å²) in [6, 6.07) is 1.63. The summed E-state index contributed by atoms with van der Waals surface area (Å²) < 4.78 is 0. The molecule has 0 spiro atoms. The molecule has 0 aromatic rings. The standard InChI is InChI=1S/C16H30N2/c1-15(2)14(16(15,3)4)11-17-12-8-10-18-9-6-5-7-13(12)18/h12-14,17H,5-11H2,1-4H3. The average Bonchev–Trinajstić information content (AvgIpc) is 2.67. The fourth-order valence-corrected chi connectivity index (χ4v) is 4.60. The van der Waals surface area contributed by atoms with Crippen molar-refractivity contribution in [3.63, 3.8) is 0 Å². The van der Waals surface area contributed by atoms with Crippen molar-refractivity contribution in [3.8, 4) is 0 Å². The molecule has 0 radical (unpaired) electrons. The highest BCUT2D eigenvalue weighted by atomic mass is 15.2. The lowest BCUT2D eigenvalue weighted by atomic mass is 9.99. The van der Waals surface area contributed by atoms with E-state index >= 15 is 0 Å². The van der Waals surface area contributed by atoms with Gasteiger partial charge in [0, 0.05) is 18.6 Å². The van der Waals surface area contributed by atoms with Gasteiger partial charge < -0.3 is 5.32 Å². The summed E-state index contributed by atoms with van der Waals surface area (Å²) in [5.74, 6) is 0.864. The summed E-state index contributed by atoms with van der Waals surface area (Å²) in [5.41, 5.74) is 1.07. The Kier molecular flexibility index (Phi) is 3.02. The smallest absolute Gasteiger partial charge is 0.0249 e. The number of hydrogen-bond acceptors (Lipinski definition) is 2. The Balaban J connectivity index is 1.53. The lowest BCUT2D eigenvalue weighted by molar-refractivity contribution is 0.179.